The normalized spacial score (nSPS) is 14.6. The molecule has 1 unspecified atom stereocenters. The van der Waals surface area contributed by atoms with Crippen molar-refractivity contribution in [2.24, 2.45) is 0 Å². The van der Waals surface area contributed by atoms with Gasteiger partial charge in [-0.15, -0.1) is 11.6 Å². The monoisotopic (exact) mass is 213 g/mol. The van der Waals surface area contributed by atoms with E-state index in [2.05, 4.69) is 11.6 Å². The van der Waals surface area contributed by atoms with E-state index in [9.17, 15) is 8.42 Å². The molecule has 0 saturated heterocycles. The zero-order chi connectivity index (χ0) is 9.61. The van der Waals surface area contributed by atoms with Gasteiger partial charge in [0.1, 0.15) is 5.21 Å². The van der Waals surface area contributed by atoms with Crippen molar-refractivity contribution in [2.45, 2.75) is 39.2 Å². The van der Waals surface area contributed by atoms with Gasteiger partial charge in [0.05, 0.1) is 0 Å². The maximum Gasteiger partial charge on any atom is 0.225 e. The van der Waals surface area contributed by atoms with Crippen LogP contribution in [0.25, 0.3) is 0 Å². The Hall–Kier alpha value is 0.200. The van der Waals surface area contributed by atoms with Crippen molar-refractivity contribution >= 4 is 21.6 Å². The molecule has 0 saturated carbocycles. The summed E-state index contributed by atoms with van der Waals surface area (Å²) < 4.78 is 24.3. The number of halogens is 1. The molecule has 0 aromatic rings. The molecule has 0 aromatic heterocycles. The second-order valence-corrected chi connectivity index (χ2v) is 5.22. The lowest BCUT2D eigenvalue weighted by atomic mass is 10.2. The third-order valence-electron chi connectivity index (χ3n) is 1.52. The van der Waals surface area contributed by atoms with Gasteiger partial charge in [-0.1, -0.05) is 19.8 Å². The summed E-state index contributed by atoms with van der Waals surface area (Å²) in [6.07, 6.45) is 2.98. The van der Waals surface area contributed by atoms with Crippen LogP contribution in [0.2, 0.25) is 0 Å². The summed E-state index contributed by atoms with van der Waals surface area (Å²) in [5.74, 6) is 0. The number of sulfonamides is 1. The van der Waals surface area contributed by atoms with Crippen LogP contribution in [0.1, 0.15) is 33.1 Å². The van der Waals surface area contributed by atoms with E-state index in [1.807, 2.05) is 6.92 Å². The second-order valence-electron chi connectivity index (χ2n) is 2.88. The predicted molar refractivity (Wildman–Crippen MR) is 51.8 cm³/mol. The average molecular weight is 214 g/mol. The van der Waals surface area contributed by atoms with E-state index < -0.39 is 10.0 Å². The fourth-order valence-corrected chi connectivity index (χ4v) is 1.89. The van der Waals surface area contributed by atoms with Gasteiger partial charge in [-0.25, -0.2) is 13.1 Å². The summed E-state index contributed by atoms with van der Waals surface area (Å²) >= 11 is 5.22. The molecule has 0 bridgehead atoms. The van der Waals surface area contributed by atoms with E-state index in [1.54, 1.807) is 0 Å². The zero-order valence-electron chi connectivity index (χ0n) is 7.51. The number of rotatable bonds is 6. The third kappa shape index (κ3) is 5.80. The molecule has 0 aromatic carbocycles. The molecule has 0 fully saturated rings. The molecular weight excluding hydrogens is 198 g/mol. The summed E-state index contributed by atoms with van der Waals surface area (Å²) in [6.45, 7) is 3.92. The first-order valence-corrected chi connectivity index (χ1v) is 6.26. The van der Waals surface area contributed by atoms with Gasteiger partial charge in [-0.05, 0) is 13.3 Å². The Morgan fingerprint density at radius 2 is 2.08 bits per heavy atom. The van der Waals surface area contributed by atoms with Gasteiger partial charge in [-0.2, -0.15) is 0 Å². The van der Waals surface area contributed by atoms with E-state index in [4.69, 9.17) is 11.6 Å². The lowest BCUT2D eigenvalue weighted by Gasteiger charge is -2.11. The van der Waals surface area contributed by atoms with Crippen LogP contribution in [0.3, 0.4) is 0 Å². The summed E-state index contributed by atoms with van der Waals surface area (Å²) in [7, 11) is -3.23. The Morgan fingerprint density at radius 1 is 1.50 bits per heavy atom. The maximum atomic E-state index is 10.9. The molecule has 1 N–H and O–H groups in total. The highest BCUT2D eigenvalue weighted by Crippen LogP contribution is 2.01. The van der Waals surface area contributed by atoms with Gasteiger partial charge in [-0.3, -0.25) is 0 Å². The van der Waals surface area contributed by atoms with E-state index in [1.165, 1.54) is 0 Å². The van der Waals surface area contributed by atoms with E-state index >= 15 is 0 Å². The minimum absolute atomic E-state index is 0.00583. The summed E-state index contributed by atoms with van der Waals surface area (Å²) in [6, 6.07) is -0.00583. The van der Waals surface area contributed by atoms with Crippen molar-refractivity contribution in [1.29, 1.82) is 0 Å². The van der Waals surface area contributed by atoms with Crippen molar-refractivity contribution in [3.63, 3.8) is 0 Å². The van der Waals surface area contributed by atoms with E-state index in [0.29, 0.717) is 0 Å². The Balaban J connectivity index is 3.76. The number of hydrogen-bond acceptors (Lipinski definition) is 2. The summed E-state index contributed by atoms with van der Waals surface area (Å²) in [5, 5.41) is -0.358. The molecular formula is C7H16ClNO2S. The smallest absolute Gasteiger partial charge is 0.211 e. The minimum atomic E-state index is -3.23. The van der Waals surface area contributed by atoms with E-state index in [0.717, 1.165) is 19.3 Å². The SMILES string of the molecule is CCCCC(C)NS(=O)(=O)CCl. The topological polar surface area (TPSA) is 46.2 Å². The Labute approximate surface area is 79.5 Å². The van der Waals surface area contributed by atoms with Gasteiger partial charge in [0.15, 0.2) is 0 Å². The molecule has 0 aliphatic carbocycles. The van der Waals surface area contributed by atoms with Crippen LogP contribution in [-0.2, 0) is 10.0 Å². The molecule has 0 heterocycles. The van der Waals surface area contributed by atoms with Crippen molar-refractivity contribution in [1.82, 2.24) is 4.72 Å². The standard InChI is InChI=1S/C7H16ClNO2S/c1-3-4-5-7(2)9-12(10,11)6-8/h7,9H,3-6H2,1-2H3. The molecule has 5 heteroatoms. The molecule has 0 aliphatic heterocycles. The largest absolute Gasteiger partial charge is 0.225 e. The summed E-state index contributed by atoms with van der Waals surface area (Å²) in [4.78, 5) is 0. The fraction of sp³-hybridized carbons (Fsp3) is 1.00. The Bertz CT molecular complexity index is 203. The van der Waals surface area contributed by atoms with Gasteiger partial charge >= 0.3 is 0 Å². The number of unbranched alkanes of at least 4 members (excludes halogenated alkanes) is 1. The average Bonchev–Trinajstić information content (AvgIpc) is 2.00. The first-order valence-electron chi connectivity index (χ1n) is 4.07. The molecule has 0 aliphatic rings. The number of alkyl halides is 1. The van der Waals surface area contributed by atoms with Crippen LogP contribution >= 0.6 is 11.6 Å². The molecule has 12 heavy (non-hydrogen) atoms. The van der Waals surface area contributed by atoms with Crippen LogP contribution in [0.15, 0.2) is 0 Å². The lowest BCUT2D eigenvalue weighted by molar-refractivity contribution is 0.537. The summed E-state index contributed by atoms with van der Waals surface area (Å²) in [5.41, 5.74) is 0. The lowest BCUT2D eigenvalue weighted by Crippen LogP contribution is -2.33. The van der Waals surface area contributed by atoms with Gasteiger partial charge < -0.3 is 0 Å². The van der Waals surface area contributed by atoms with Crippen molar-refractivity contribution in [3.8, 4) is 0 Å². The highest BCUT2D eigenvalue weighted by atomic mass is 35.5. The number of nitrogens with one attached hydrogen (secondary N) is 1. The Kier molecular flexibility index (Phi) is 5.88. The van der Waals surface area contributed by atoms with Crippen LogP contribution in [-0.4, -0.2) is 19.7 Å². The minimum Gasteiger partial charge on any atom is -0.211 e. The van der Waals surface area contributed by atoms with E-state index in [-0.39, 0.29) is 11.3 Å². The predicted octanol–water partition coefficient (Wildman–Crippen LogP) is 1.68. The molecule has 1 atom stereocenters. The molecule has 0 spiro atoms. The van der Waals surface area contributed by atoms with Crippen LogP contribution < -0.4 is 4.72 Å². The van der Waals surface area contributed by atoms with Crippen LogP contribution in [0.4, 0.5) is 0 Å². The van der Waals surface area contributed by atoms with Gasteiger partial charge in [0, 0.05) is 6.04 Å². The quantitative estimate of drug-likeness (QED) is 0.683. The van der Waals surface area contributed by atoms with Crippen LogP contribution in [0, 0.1) is 0 Å². The van der Waals surface area contributed by atoms with Crippen molar-refractivity contribution < 1.29 is 8.42 Å². The highest BCUT2D eigenvalue weighted by Gasteiger charge is 2.11. The second kappa shape index (κ2) is 5.78. The molecule has 0 rings (SSSR count). The molecule has 0 amide bonds. The molecule has 3 nitrogen and oxygen atoms in total. The zero-order valence-corrected chi connectivity index (χ0v) is 9.08. The highest BCUT2D eigenvalue weighted by molar-refractivity contribution is 7.90. The van der Waals surface area contributed by atoms with Gasteiger partial charge in [0.25, 0.3) is 0 Å². The fourth-order valence-electron chi connectivity index (χ4n) is 0.907. The van der Waals surface area contributed by atoms with Crippen LogP contribution in [0.5, 0.6) is 0 Å². The Morgan fingerprint density at radius 3 is 2.50 bits per heavy atom. The van der Waals surface area contributed by atoms with Crippen molar-refractivity contribution in [2.75, 3.05) is 5.21 Å². The maximum absolute atomic E-state index is 10.9. The van der Waals surface area contributed by atoms with Crippen molar-refractivity contribution in [3.05, 3.63) is 0 Å². The third-order valence-corrected chi connectivity index (χ3v) is 3.43. The molecule has 74 valence electrons. The number of hydrogen-bond donors (Lipinski definition) is 1. The molecule has 0 radical (unpaired) electrons. The first kappa shape index (κ1) is 12.2. The first-order chi connectivity index (χ1) is 5.52. The van der Waals surface area contributed by atoms with Gasteiger partial charge in [0.2, 0.25) is 10.0 Å².